The first-order chi connectivity index (χ1) is 30.9. The second kappa shape index (κ2) is 20.4. The number of nitriles is 1. The van der Waals surface area contributed by atoms with Crippen LogP contribution in [0.2, 0.25) is 5.02 Å². The first-order valence-electron chi connectivity index (χ1n) is 20.6. The Balaban J connectivity index is 0.943. The van der Waals surface area contributed by atoms with Crippen molar-refractivity contribution in [3.63, 3.8) is 0 Å². The van der Waals surface area contributed by atoms with Crippen LogP contribution >= 0.6 is 23.8 Å². The molecule has 3 N–H and O–H groups in total. The van der Waals surface area contributed by atoms with Gasteiger partial charge in [-0.05, 0) is 104 Å². The smallest absolute Gasteiger partial charge is 0.259 e. The number of carbonyl (C=O) groups is 4. The van der Waals surface area contributed by atoms with Crippen LogP contribution in [-0.4, -0.2) is 93.8 Å². The predicted octanol–water partition coefficient (Wildman–Crippen LogP) is 5.30. The molecule has 336 valence electrons. The van der Waals surface area contributed by atoms with Crippen LogP contribution in [-0.2, 0) is 30.5 Å². The summed E-state index contributed by atoms with van der Waals surface area (Å²) in [5.74, 6) is 10.3. The number of aryl methyl sites for hydroxylation is 1. The van der Waals surface area contributed by atoms with E-state index in [4.69, 9.17) is 37.7 Å². The van der Waals surface area contributed by atoms with Crippen molar-refractivity contribution in [3.05, 3.63) is 95.0 Å². The zero-order valence-electron chi connectivity index (χ0n) is 36.7. The van der Waals surface area contributed by atoms with Gasteiger partial charge in [-0.25, -0.2) is 4.98 Å². The molecule has 4 aromatic rings. The van der Waals surface area contributed by atoms with E-state index in [2.05, 4.69) is 39.3 Å². The summed E-state index contributed by atoms with van der Waals surface area (Å²) in [5.41, 5.74) is 2.13. The zero-order valence-corrected chi connectivity index (χ0v) is 38.3. The Morgan fingerprint density at radius 1 is 1.05 bits per heavy atom. The highest BCUT2D eigenvalue weighted by Gasteiger charge is 2.50. The number of nitrogens with one attached hydrogen (secondary N) is 2. The number of ether oxygens (including phenoxy) is 2. The standard InChI is InChI=1S/C48H48ClN7O8S/c1-30-41(64-29-52-30)32-13-11-31(12-14-32)26-51-43(59)39-24-36(57)27-54(39)44(60)42(47(2,3)4)53-40(58)28-62-21-9-7-8-10-22-63-37-19-17-34(18-20-37)56-46(65)55(45(61)48(56,5)6)35-16-15-33(25-50)38(49)23-35/h11-20,23,29,36,39,42,57H,21-22,24,26-28H2,1-6H3,(H,51,59)(H,53,58)/t36-,39+,42-/m1/s1. The van der Waals surface area contributed by atoms with E-state index in [1.54, 1.807) is 82.0 Å². The zero-order chi connectivity index (χ0) is 47.1. The molecule has 2 saturated heterocycles. The Morgan fingerprint density at radius 2 is 1.72 bits per heavy atom. The number of amides is 4. The molecule has 2 aliphatic heterocycles. The van der Waals surface area contributed by atoms with Gasteiger partial charge in [-0.1, -0.05) is 62.6 Å². The molecule has 2 fully saturated rings. The molecule has 3 aromatic carbocycles. The maximum Gasteiger partial charge on any atom is 0.259 e. The van der Waals surface area contributed by atoms with Crippen LogP contribution in [0.15, 0.2) is 77.5 Å². The Bertz CT molecular complexity index is 2630. The number of rotatable bonds is 13. The average molecular weight is 918 g/mol. The molecule has 2 aliphatic rings. The highest BCUT2D eigenvalue weighted by Crippen LogP contribution is 2.38. The van der Waals surface area contributed by atoms with Crippen LogP contribution in [0, 0.1) is 47.4 Å². The largest absolute Gasteiger partial charge is 0.481 e. The lowest BCUT2D eigenvalue weighted by atomic mass is 9.85. The van der Waals surface area contributed by atoms with Gasteiger partial charge in [0, 0.05) is 30.8 Å². The summed E-state index contributed by atoms with van der Waals surface area (Å²) < 4.78 is 16.6. The number of aromatic nitrogens is 1. The number of likely N-dealkylation sites (tertiary alicyclic amines) is 1. The van der Waals surface area contributed by atoms with Gasteiger partial charge >= 0.3 is 0 Å². The minimum absolute atomic E-state index is 0.0361. The summed E-state index contributed by atoms with van der Waals surface area (Å²) in [6, 6.07) is 19.3. The SMILES string of the molecule is Cc1ncoc1-c1ccc(CNC(=O)[C@@H]2C[C@@H](O)CN2C(=O)[C@@H](NC(=O)COCC#CC#CCOc2ccc(N3C(=S)N(c4ccc(C#N)c(Cl)c4)C(=O)C3(C)C)cc2)C(C)(C)C)cc1. The molecule has 0 bridgehead atoms. The monoisotopic (exact) mass is 917 g/mol. The number of nitrogens with zero attached hydrogens (tertiary/aromatic N) is 5. The van der Waals surface area contributed by atoms with E-state index >= 15 is 0 Å². The van der Waals surface area contributed by atoms with Gasteiger partial charge in [0.2, 0.25) is 17.7 Å². The lowest BCUT2D eigenvalue weighted by Gasteiger charge is -2.35. The van der Waals surface area contributed by atoms with E-state index in [0.717, 1.165) is 16.8 Å². The molecule has 0 unspecified atom stereocenters. The second-order valence-corrected chi connectivity index (χ2v) is 17.7. The summed E-state index contributed by atoms with van der Waals surface area (Å²) in [4.78, 5) is 62.4. The van der Waals surface area contributed by atoms with E-state index in [1.165, 1.54) is 16.2 Å². The number of hydrogen-bond donors (Lipinski definition) is 3. The van der Waals surface area contributed by atoms with Crippen LogP contribution in [0.1, 0.15) is 57.9 Å². The van der Waals surface area contributed by atoms with Gasteiger partial charge in [0.05, 0.1) is 28.1 Å². The first-order valence-corrected chi connectivity index (χ1v) is 21.4. The highest BCUT2D eigenvalue weighted by molar-refractivity contribution is 7.81. The molecule has 1 aromatic heterocycles. The third kappa shape index (κ3) is 11.1. The van der Waals surface area contributed by atoms with Crippen molar-refractivity contribution >= 4 is 63.9 Å². The van der Waals surface area contributed by atoms with E-state index in [1.807, 2.05) is 37.3 Å². The van der Waals surface area contributed by atoms with Crippen LogP contribution < -0.4 is 25.2 Å². The third-order valence-corrected chi connectivity index (χ3v) is 11.4. The summed E-state index contributed by atoms with van der Waals surface area (Å²) >= 11 is 12.0. The topological polar surface area (TPSA) is 191 Å². The molecular formula is C48H48ClN7O8S. The fourth-order valence-corrected chi connectivity index (χ4v) is 8.08. The van der Waals surface area contributed by atoms with Crippen LogP contribution in [0.5, 0.6) is 5.75 Å². The average Bonchev–Trinajstić information content (AvgIpc) is 3.93. The van der Waals surface area contributed by atoms with E-state index in [9.17, 15) is 29.5 Å². The maximum absolute atomic E-state index is 13.9. The summed E-state index contributed by atoms with van der Waals surface area (Å²) in [6.45, 7) is 10.5. The molecule has 0 aliphatic carbocycles. The molecule has 4 amide bonds. The van der Waals surface area contributed by atoms with Gasteiger partial charge in [-0.2, -0.15) is 5.26 Å². The van der Waals surface area contributed by atoms with E-state index in [-0.39, 0.29) is 55.4 Å². The number of carbonyl (C=O) groups excluding carboxylic acids is 4. The van der Waals surface area contributed by atoms with Crippen molar-refractivity contribution in [2.24, 2.45) is 5.41 Å². The van der Waals surface area contributed by atoms with Gasteiger partial charge in [0.15, 0.2) is 17.3 Å². The molecule has 3 heterocycles. The molecule has 65 heavy (non-hydrogen) atoms. The van der Waals surface area contributed by atoms with Gasteiger partial charge in [0.25, 0.3) is 5.91 Å². The summed E-state index contributed by atoms with van der Waals surface area (Å²) in [5, 5.41) is 25.9. The number of aliphatic hydroxyl groups excluding tert-OH is 1. The normalized spacial score (nSPS) is 17.1. The van der Waals surface area contributed by atoms with Crippen molar-refractivity contribution in [3.8, 4) is 46.8 Å². The number of hydrogen-bond acceptors (Lipinski definition) is 11. The molecule has 0 radical (unpaired) electrons. The van der Waals surface area contributed by atoms with Gasteiger partial charge in [0.1, 0.15) is 49.3 Å². The summed E-state index contributed by atoms with van der Waals surface area (Å²) in [7, 11) is 0. The van der Waals surface area contributed by atoms with Crippen LogP contribution in [0.25, 0.3) is 11.3 Å². The minimum Gasteiger partial charge on any atom is -0.481 e. The predicted molar refractivity (Wildman–Crippen MR) is 247 cm³/mol. The van der Waals surface area contributed by atoms with Crippen molar-refractivity contribution in [1.82, 2.24) is 20.5 Å². The quantitative estimate of drug-likeness (QED) is 0.0893. The maximum atomic E-state index is 13.9. The first kappa shape index (κ1) is 47.7. The Morgan fingerprint density at radius 3 is 2.35 bits per heavy atom. The number of β-amino-alcohol motifs (C(OH)–C–C–N with tert-alkyl or cyclic N) is 1. The molecule has 17 heteroatoms. The highest BCUT2D eigenvalue weighted by atomic mass is 35.5. The number of oxazole rings is 1. The molecule has 6 rings (SSSR count). The van der Waals surface area contributed by atoms with Gasteiger partial charge in [-0.15, -0.1) is 0 Å². The Labute approximate surface area is 388 Å². The molecule has 3 atom stereocenters. The minimum atomic E-state index is -1.02. The lowest BCUT2D eigenvalue weighted by molar-refractivity contribution is -0.144. The van der Waals surface area contributed by atoms with Crippen molar-refractivity contribution in [2.75, 3.05) is 36.2 Å². The van der Waals surface area contributed by atoms with Crippen LogP contribution in [0.3, 0.4) is 0 Å². The fraction of sp³-hybridized carbons (Fsp3) is 0.354. The Hall–Kier alpha value is -6.74. The molecule has 0 saturated carbocycles. The third-order valence-electron chi connectivity index (χ3n) is 10.8. The lowest BCUT2D eigenvalue weighted by Crippen LogP contribution is -2.58. The number of anilines is 2. The van der Waals surface area contributed by atoms with Crippen molar-refractivity contribution in [2.45, 2.75) is 78.2 Å². The fourth-order valence-electron chi connectivity index (χ4n) is 7.34. The van der Waals surface area contributed by atoms with Crippen molar-refractivity contribution < 1.29 is 38.2 Å². The van der Waals surface area contributed by atoms with Crippen molar-refractivity contribution in [1.29, 1.82) is 5.26 Å². The molecular weight excluding hydrogens is 870 g/mol. The Kier molecular flexibility index (Phi) is 15.0. The number of aliphatic hydroxyl groups is 1. The van der Waals surface area contributed by atoms with Gasteiger partial charge < -0.3 is 39.4 Å². The molecule has 0 spiro atoms. The summed E-state index contributed by atoms with van der Waals surface area (Å²) in [6.07, 6.45) is 0.542. The van der Waals surface area contributed by atoms with Gasteiger partial charge in [-0.3, -0.25) is 24.1 Å². The number of benzene rings is 3. The van der Waals surface area contributed by atoms with E-state index < -0.39 is 46.9 Å². The second-order valence-electron chi connectivity index (χ2n) is 16.9. The van der Waals surface area contributed by atoms with Crippen LogP contribution in [0.4, 0.5) is 11.4 Å². The number of halogens is 1. The number of thiocarbonyl (C=S) groups is 1. The van der Waals surface area contributed by atoms with E-state index in [0.29, 0.717) is 28.4 Å². The molecule has 15 nitrogen and oxygen atoms in total.